The number of aromatic amines is 1. The van der Waals surface area contributed by atoms with Crippen LogP contribution in [-0.4, -0.2) is 40.7 Å². The minimum atomic E-state index is -0.518. The van der Waals surface area contributed by atoms with Gasteiger partial charge in [-0.3, -0.25) is 14.3 Å². The molecule has 0 aliphatic carbocycles. The Morgan fingerprint density at radius 1 is 1.38 bits per heavy atom. The van der Waals surface area contributed by atoms with Crippen LogP contribution in [0.2, 0.25) is 5.02 Å². The van der Waals surface area contributed by atoms with Gasteiger partial charge in [-0.1, -0.05) is 17.7 Å². The van der Waals surface area contributed by atoms with Gasteiger partial charge in [0.15, 0.2) is 5.65 Å². The molecule has 9 heteroatoms. The monoisotopic (exact) mass is 378 g/mol. The Labute approximate surface area is 152 Å². The van der Waals surface area contributed by atoms with Crippen LogP contribution in [0.1, 0.15) is 0 Å². The number of hydrogen-bond donors (Lipinski definition) is 2. The maximum atomic E-state index is 13.4. The summed E-state index contributed by atoms with van der Waals surface area (Å²) in [5.41, 5.74) is 1.68. The van der Waals surface area contributed by atoms with Crippen molar-refractivity contribution in [1.82, 2.24) is 19.9 Å². The first kappa shape index (κ1) is 18.1. The molecule has 2 N–H and O–H groups in total. The molecular formula is C17H16ClFN4O3. The van der Waals surface area contributed by atoms with Crippen LogP contribution in [-0.2, 0) is 16.1 Å². The molecule has 0 radical (unpaired) electrons. The van der Waals surface area contributed by atoms with Gasteiger partial charge in [0, 0.05) is 25.4 Å². The lowest BCUT2D eigenvalue weighted by molar-refractivity contribution is -0.121. The summed E-state index contributed by atoms with van der Waals surface area (Å²) in [5, 5.41) is 2.65. The second-order valence-electron chi connectivity index (χ2n) is 5.58. The quantitative estimate of drug-likeness (QED) is 0.641. The van der Waals surface area contributed by atoms with E-state index < -0.39 is 11.5 Å². The molecule has 3 rings (SSSR count). The zero-order valence-electron chi connectivity index (χ0n) is 13.9. The van der Waals surface area contributed by atoms with Gasteiger partial charge in [0.1, 0.15) is 12.4 Å². The van der Waals surface area contributed by atoms with Gasteiger partial charge in [0.2, 0.25) is 5.91 Å². The summed E-state index contributed by atoms with van der Waals surface area (Å²) in [5.74, 6) is -0.837. The Morgan fingerprint density at radius 2 is 2.19 bits per heavy atom. The van der Waals surface area contributed by atoms with E-state index >= 15 is 0 Å². The number of H-pyrrole nitrogens is 1. The van der Waals surface area contributed by atoms with Crippen molar-refractivity contribution in [3.63, 3.8) is 0 Å². The summed E-state index contributed by atoms with van der Waals surface area (Å²) < 4.78 is 19.5. The molecule has 3 aromatic rings. The zero-order chi connectivity index (χ0) is 18.7. The van der Waals surface area contributed by atoms with Crippen molar-refractivity contribution < 1.29 is 13.9 Å². The summed E-state index contributed by atoms with van der Waals surface area (Å²) in [7, 11) is 1.53. The Hall–Kier alpha value is -2.71. The predicted octanol–water partition coefficient (Wildman–Crippen LogP) is 1.95. The number of carbonyl (C=O) groups excluding carboxylic acids is 1. The third-order valence-corrected chi connectivity index (χ3v) is 4.10. The first-order chi connectivity index (χ1) is 12.5. The Bertz CT molecular complexity index is 1010. The smallest absolute Gasteiger partial charge is 0.328 e. The van der Waals surface area contributed by atoms with Gasteiger partial charge in [0.25, 0.3) is 0 Å². The van der Waals surface area contributed by atoms with E-state index in [2.05, 4.69) is 15.3 Å². The third kappa shape index (κ3) is 3.76. The number of fused-ring (bicyclic) bond motifs is 1. The maximum Gasteiger partial charge on any atom is 0.328 e. The molecule has 0 unspecified atom stereocenters. The lowest BCUT2D eigenvalue weighted by Crippen LogP contribution is -2.33. The van der Waals surface area contributed by atoms with E-state index in [1.165, 1.54) is 23.8 Å². The van der Waals surface area contributed by atoms with E-state index in [9.17, 15) is 14.0 Å². The molecule has 136 valence electrons. The molecule has 0 spiro atoms. The van der Waals surface area contributed by atoms with Gasteiger partial charge < -0.3 is 10.1 Å². The molecule has 0 atom stereocenters. The summed E-state index contributed by atoms with van der Waals surface area (Å²) in [6.07, 6.45) is 1.55. The molecule has 0 fully saturated rings. The van der Waals surface area contributed by atoms with Gasteiger partial charge in [0.05, 0.1) is 17.1 Å². The standard InChI is InChI=1S/C17H16ClFN4O3/c1-26-5-4-20-15(24)9-23-14-7-11(8-21-16(14)22-17(23)25)10-2-3-13(19)12(18)6-10/h2-3,6-8H,4-5,9H2,1H3,(H,20,24)(H,21,22,25). The number of rotatable bonds is 6. The summed E-state index contributed by atoms with van der Waals surface area (Å²) in [6.45, 7) is 0.577. The van der Waals surface area contributed by atoms with E-state index in [0.717, 1.165) is 0 Å². The fraction of sp³-hybridized carbons (Fsp3) is 0.235. The molecule has 7 nitrogen and oxygen atoms in total. The molecule has 0 aliphatic heterocycles. The van der Waals surface area contributed by atoms with Crippen molar-refractivity contribution >= 4 is 28.7 Å². The molecular weight excluding hydrogens is 363 g/mol. The van der Waals surface area contributed by atoms with Crippen LogP contribution in [0.5, 0.6) is 0 Å². The molecule has 0 bridgehead atoms. The summed E-state index contributed by atoms with van der Waals surface area (Å²) >= 11 is 5.83. The lowest BCUT2D eigenvalue weighted by Gasteiger charge is -2.07. The van der Waals surface area contributed by atoms with E-state index in [1.54, 1.807) is 18.3 Å². The van der Waals surface area contributed by atoms with Crippen LogP contribution in [0.3, 0.4) is 0 Å². The van der Waals surface area contributed by atoms with E-state index in [1.807, 2.05) is 0 Å². The van der Waals surface area contributed by atoms with Crippen LogP contribution in [0.4, 0.5) is 4.39 Å². The van der Waals surface area contributed by atoms with Crippen molar-refractivity contribution in [3.05, 3.63) is 51.8 Å². The van der Waals surface area contributed by atoms with Crippen molar-refractivity contribution in [2.75, 3.05) is 20.3 Å². The minimum absolute atomic E-state index is 0.00780. The van der Waals surface area contributed by atoms with Gasteiger partial charge in [-0.15, -0.1) is 0 Å². The van der Waals surface area contributed by atoms with Crippen LogP contribution in [0, 0.1) is 5.82 Å². The molecule has 2 aromatic heterocycles. The lowest BCUT2D eigenvalue weighted by atomic mass is 10.1. The second kappa shape index (κ2) is 7.67. The average molecular weight is 379 g/mol. The van der Waals surface area contributed by atoms with Crippen molar-refractivity contribution in [1.29, 1.82) is 0 Å². The minimum Gasteiger partial charge on any atom is -0.383 e. The highest BCUT2D eigenvalue weighted by Crippen LogP contribution is 2.26. The number of benzene rings is 1. The van der Waals surface area contributed by atoms with Gasteiger partial charge in [-0.25, -0.2) is 14.2 Å². The largest absolute Gasteiger partial charge is 0.383 e. The number of amides is 1. The molecule has 26 heavy (non-hydrogen) atoms. The average Bonchev–Trinajstić information content (AvgIpc) is 2.92. The molecule has 0 saturated heterocycles. The van der Waals surface area contributed by atoms with E-state index in [0.29, 0.717) is 35.4 Å². The van der Waals surface area contributed by atoms with Gasteiger partial charge >= 0.3 is 5.69 Å². The fourth-order valence-corrected chi connectivity index (χ4v) is 2.70. The number of methoxy groups -OCH3 is 1. The number of nitrogens with zero attached hydrogens (tertiary/aromatic N) is 2. The van der Waals surface area contributed by atoms with Gasteiger partial charge in [-0.05, 0) is 23.8 Å². The number of carbonyl (C=O) groups is 1. The van der Waals surface area contributed by atoms with Crippen LogP contribution in [0.25, 0.3) is 22.3 Å². The summed E-state index contributed by atoms with van der Waals surface area (Å²) in [4.78, 5) is 31.0. The van der Waals surface area contributed by atoms with E-state index in [4.69, 9.17) is 16.3 Å². The van der Waals surface area contributed by atoms with Crippen LogP contribution < -0.4 is 11.0 Å². The SMILES string of the molecule is COCCNC(=O)Cn1c(=O)[nH]c2ncc(-c3ccc(F)c(Cl)c3)cc21. The topological polar surface area (TPSA) is 89.0 Å². The second-order valence-corrected chi connectivity index (χ2v) is 5.99. The normalized spacial score (nSPS) is 11.0. The molecule has 2 heterocycles. The molecule has 1 aromatic carbocycles. The first-order valence-electron chi connectivity index (χ1n) is 7.79. The number of pyridine rings is 1. The van der Waals surface area contributed by atoms with Crippen LogP contribution >= 0.6 is 11.6 Å². The highest BCUT2D eigenvalue weighted by Gasteiger charge is 2.13. The van der Waals surface area contributed by atoms with Crippen molar-refractivity contribution in [3.8, 4) is 11.1 Å². The number of aromatic nitrogens is 3. The fourth-order valence-electron chi connectivity index (χ4n) is 2.52. The molecule has 0 saturated carbocycles. The summed E-state index contributed by atoms with van der Waals surface area (Å²) in [6, 6.07) is 6.00. The zero-order valence-corrected chi connectivity index (χ0v) is 14.6. The van der Waals surface area contributed by atoms with Crippen LogP contribution in [0.15, 0.2) is 35.3 Å². The third-order valence-electron chi connectivity index (χ3n) is 3.81. The molecule has 0 aliphatic rings. The van der Waals surface area contributed by atoms with Crippen molar-refractivity contribution in [2.24, 2.45) is 0 Å². The number of halogens is 2. The highest BCUT2D eigenvalue weighted by molar-refractivity contribution is 6.31. The Balaban J connectivity index is 1.94. The highest BCUT2D eigenvalue weighted by atomic mass is 35.5. The van der Waals surface area contributed by atoms with Crippen molar-refractivity contribution in [2.45, 2.75) is 6.54 Å². The Kier molecular flexibility index (Phi) is 5.34. The first-order valence-corrected chi connectivity index (χ1v) is 8.17. The molecule has 1 amide bonds. The number of nitrogens with one attached hydrogen (secondary N) is 2. The number of hydrogen-bond acceptors (Lipinski definition) is 4. The number of ether oxygens (including phenoxy) is 1. The predicted molar refractivity (Wildman–Crippen MR) is 95.6 cm³/mol. The number of imidazole rings is 1. The Morgan fingerprint density at radius 3 is 2.92 bits per heavy atom. The maximum absolute atomic E-state index is 13.4. The van der Waals surface area contributed by atoms with Gasteiger partial charge in [-0.2, -0.15) is 0 Å². The van der Waals surface area contributed by atoms with E-state index in [-0.39, 0.29) is 17.5 Å².